The normalized spacial score (nSPS) is 25.6. The quantitative estimate of drug-likeness (QED) is 0.853. The zero-order chi connectivity index (χ0) is 17.1. The lowest BCUT2D eigenvalue weighted by Crippen LogP contribution is -2.43. The van der Waals surface area contributed by atoms with E-state index in [-0.39, 0.29) is 24.2 Å². The lowest BCUT2D eigenvalue weighted by molar-refractivity contribution is -0.0810. The molecular weight excluding hydrogens is 318 g/mol. The van der Waals surface area contributed by atoms with Gasteiger partial charge in [-0.1, -0.05) is 6.07 Å². The third-order valence-corrected chi connectivity index (χ3v) is 4.83. The molecular formula is C19H21N3O3. The van der Waals surface area contributed by atoms with Gasteiger partial charge in [-0.25, -0.2) is 0 Å². The Kier molecular flexibility index (Phi) is 4.72. The van der Waals surface area contributed by atoms with Crippen LogP contribution in [0.15, 0.2) is 49.1 Å². The summed E-state index contributed by atoms with van der Waals surface area (Å²) in [6.45, 7) is 1.74. The number of ether oxygens (including phenoxy) is 2. The second kappa shape index (κ2) is 7.29. The Balaban J connectivity index is 1.48. The van der Waals surface area contributed by atoms with Crippen LogP contribution < -0.4 is 0 Å². The molecule has 4 rings (SSSR count). The van der Waals surface area contributed by atoms with Crippen LogP contribution in [0.4, 0.5) is 0 Å². The van der Waals surface area contributed by atoms with Gasteiger partial charge < -0.3 is 14.4 Å². The highest BCUT2D eigenvalue weighted by molar-refractivity contribution is 5.94. The van der Waals surface area contributed by atoms with Gasteiger partial charge in [0.15, 0.2) is 0 Å². The van der Waals surface area contributed by atoms with E-state index in [0.29, 0.717) is 18.7 Å². The molecule has 2 aliphatic rings. The summed E-state index contributed by atoms with van der Waals surface area (Å²) in [7, 11) is 0. The number of likely N-dealkylation sites (tertiary alicyclic amines) is 1. The van der Waals surface area contributed by atoms with Gasteiger partial charge in [-0.05, 0) is 36.6 Å². The summed E-state index contributed by atoms with van der Waals surface area (Å²) >= 11 is 0. The molecule has 2 aliphatic heterocycles. The summed E-state index contributed by atoms with van der Waals surface area (Å²) in [5.74, 6) is 0.000998. The molecule has 0 unspecified atom stereocenters. The average Bonchev–Trinajstić information content (AvgIpc) is 3.06. The van der Waals surface area contributed by atoms with Crippen LogP contribution >= 0.6 is 0 Å². The molecule has 0 saturated carbocycles. The van der Waals surface area contributed by atoms with Crippen molar-refractivity contribution in [2.45, 2.75) is 37.7 Å². The largest absolute Gasteiger partial charge is 0.373 e. The van der Waals surface area contributed by atoms with Gasteiger partial charge in [-0.15, -0.1) is 0 Å². The van der Waals surface area contributed by atoms with E-state index in [4.69, 9.17) is 9.47 Å². The predicted molar refractivity (Wildman–Crippen MR) is 90.8 cm³/mol. The monoisotopic (exact) mass is 339 g/mol. The van der Waals surface area contributed by atoms with Crippen molar-refractivity contribution in [2.75, 3.05) is 13.2 Å². The Morgan fingerprint density at radius 1 is 1.24 bits per heavy atom. The highest BCUT2D eigenvalue weighted by Crippen LogP contribution is 2.32. The van der Waals surface area contributed by atoms with Crippen molar-refractivity contribution in [3.8, 4) is 0 Å². The Hall–Kier alpha value is -2.31. The van der Waals surface area contributed by atoms with Crippen LogP contribution in [0.3, 0.4) is 0 Å². The first-order valence-electron chi connectivity index (χ1n) is 8.66. The smallest absolute Gasteiger partial charge is 0.255 e. The first-order valence-corrected chi connectivity index (χ1v) is 8.66. The van der Waals surface area contributed by atoms with E-state index in [0.717, 1.165) is 25.0 Å². The molecule has 0 bridgehead atoms. The molecule has 0 spiro atoms. The Morgan fingerprint density at radius 3 is 2.84 bits per heavy atom. The van der Waals surface area contributed by atoms with E-state index in [1.165, 1.54) is 0 Å². The van der Waals surface area contributed by atoms with E-state index in [1.807, 2.05) is 17.0 Å². The van der Waals surface area contributed by atoms with E-state index in [1.54, 1.807) is 36.9 Å². The number of hydrogen-bond acceptors (Lipinski definition) is 5. The molecule has 2 aromatic heterocycles. The van der Waals surface area contributed by atoms with Gasteiger partial charge in [0.25, 0.3) is 5.91 Å². The lowest BCUT2D eigenvalue weighted by atomic mass is 10.0. The number of nitrogens with zero attached hydrogens (tertiary/aromatic N) is 3. The maximum absolute atomic E-state index is 12.9. The summed E-state index contributed by atoms with van der Waals surface area (Å²) in [4.78, 5) is 23.0. The fourth-order valence-electron chi connectivity index (χ4n) is 3.63. The van der Waals surface area contributed by atoms with Gasteiger partial charge in [0.1, 0.15) is 12.2 Å². The molecule has 6 nitrogen and oxygen atoms in total. The number of aromatic nitrogens is 2. The molecule has 0 N–H and O–H groups in total. The predicted octanol–water partition coefficient (Wildman–Crippen LogP) is 2.07. The van der Waals surface area contributed by atoms with Crippen molar-refractivity contribution < 1.29 is 14.3 Å². The van der Waals surface area contributed by atoms with Gasteiger partial charge >= 0.3 is 0 Å². The molecule has 2 fully saturated rings. The van der Waals surface area contributed by atoms with Gasteiger partial charge in [0, 0.05) is 31.4 Å². The molecule has 6 heteroatoms. The van der Waals surface area contributed by atoms with E-state index < -0.39 is 0 Å². The van der Waals surface area contributed by atoms with Crippen molar-refractivity contribution in [1.82, 2.24) is 14.9 Å². The van der Waals surface area contributed by atoms with Crippen molar-refractivity contribution in [3.05, 3.63) is 60.2 Å². The second-order valence-electron chi connectivity index (χ2n) is 6.45. The Morgan fingerprint density at radius 2 is 2.08 bits per heavy atom. The topological polar surface area (TPSA) is 64.6 Å². The molecule has 4 heterocycles. The standard InChI is InChI=1S/C19H21N3O3/c23-19(15-5-2-8-21-11-15)22-12-17(18-16(22)6-3-9-24-18)25-13-14-4-1-7-20-10-14/h1-2,4-5,7-8,10-11,16-18H,3,6,9,12-13H2/t16-,17+,18+/m1/s1. The van der Waals surface area contributed by atoms with Gasteiger partial charge in [0.2, 0.25) is 0 Å². The molecule has 0 radical (unpaired) electrons. The molecule has 3 atom stereocenters. The molecule has 25 heavy (non-hydrogen) atoms. The highest BCUT2D eigenvalue weighted by Gasteiger charge is 2.46. The molecule has 1 amide bonds. The van der Waals surface area contributed by atoms with E-state index in [9.17, 15) is 4.79 Å². The number of amides is 1. The van der Waals surface area contributed by atoms with Gasteiger partial charge in [-0.3, -0.25) is 14.8 Å². The van der Waals surface area contributed by atoms with Gasteiger partial charge in [-0.2, -0.15) is 0 Å². The van der Waals surface area contributed by atoms with E-state index in [2.05, 4.69) is 9.97 Å². The van der Waals surface area contributed by atoms with Crippen LogP contribution in [-0.4, -0.2) is 52.2 Å². The number of carbonyl (C=O) groups excluding carboxylic acids is 1. The second-order valence-corrected chi connectivity index (χ2v) is 6.45. The molecule has 0 aliphatic carbocycles. The van der Waals surface area contributed by atoms with Crippen LogP contribution in [0.1, 0.15) is 28.8 Å². The van der Waals surface area contributed by atoms with Crippen LogP contribution in [0.5, 0.6) is 0 Å². The maximum atomic E-state index is 12.9. The number of hydrogen-bond donors (Lipinski definition) is 0. The SMILES string of the molecule is O=C(c1cccnc1)N1C[C@H](OCc2cccnc2)[C@H]2OCCC[C@H]21. The first-order chi connectivity index (χ1) is 12.3. The summed E-state index contributed by atoms with van der Waals surface area (Å²) < 4.78 is 12.1. The Bertz CT molecular complexity index is 710. The summed E-state index contributed by atoms with van der Waals surface area (Å²) in [6.07, 6.45) is 8.56. The third-order valence-electron chi connectivity index (χ3n) is 4.83. The van der Waals surface area contributed by atoms with Crippen molar-refractivity contribution in [2.24, 2.45) is 0 Å². The first kappa shape index (κ1) is 16.2. The van der Waals surface area contributed by atoms with Crippen molar-refractivity contribution in [3.63, 3.8) is 0 Å². The number of rotatable bonds is 4. The zero-order valence-electron chi connectivity index (χ0n) is 14.0. The zero-order valence-corrected chi connectivity index (χ0v) is 14.0. The fourth-order valence-corrected chi connectivity index (χ4v) is 3.63. The minimum atomic E-state index is -0.119. The number of pyridine rings is 2. The minimum Gasteiger partial charge on any atom is -0.373 e. The molecule has 2 saturated heterocycles. The van der Waals surface area contributed by atoms with Gasteiger partial charge in [0.05, 0.1) is 24.8 Å². The van der Waals surface area contributed by atoms with E-state index >= 15 is 0 Å². The van der Waals surface area contributed by atoms with Crippen molar-refractivity contribution in [1.29, 1.82) is 0 Å². The minimum absolute atomic E-state index is 0.000998. The molecule has 130 valence electrons. The maximum Gasteiger partial charge on any atom is 0.255 e. The fraction of sp³-hybridized carbons (Fsp3) is 0.421. The van der Waals surface area contributed by atoms with Crippen molar-refractivity contribution >= 4 is 5.91 Å². The molecule has 2 aromatic rings. The van der Waals surface area contributed by atoms with Crippen LogP contribution in [-0.2, 0) is 16.1 Å². The summed E-state index contributed by atoms with van der Waals surface area (Å²) in [6, 6.07) is 7.54. The summed E-state index contributed by atoms with van der Waals surface area (Å²) in [5, 5.41) is 0. The third kappa shape index (κ3) is 3.41. The molecule has 0 aromatic carbocycles. The highest BCUT2D eigenvalue weighted by atomic mass is 16.5. The summed E-state index contributed by atoms with van der Waals surface area (Å²) in [5.41, 5.74) is 1.63. The Labute approximate surface area is 146 Å². The number of fused-ring (bicyclic) bond motifs is 1. The van der Waals surface area contributed by atoms with Crippen LogP contribution in [0, 0.1) is 0 Å². The van der Waals surface area contributed by atoms with Crippen LogP contribution in [0.2, 0.25) is 0 Å². The number of carbonyl (C=O) groups is 1. The van der Waals surface area contributed by atoms with Crippen LogP contribution in [0.25, 0.3) is 0 Å². The lowest BCUT2D eigenvalue weighted by Gasteiger charge is -2.32. The average molecular weight is 339 g/mol.